The molecule has 0 spiro atoms. The molecule has 0 heterocycles. The summed E-state index contributed by atoms with van der Waals surface area (Å²) in [4.78, 5) is 28.2. The number of carbonyl (C=O) groups is 2. The summed E-state index contributed by atoms with van der Waals surface area (Å²) in [6.45, 7) is 3.15. The van der Waals surface area contributed by atoms with Gasteiger partial charge in [-0.05, 0) is 61.4 Å². The Morgan fingerprint density at radius 1 is 0.975 bits per heavy atom. The van der Waals surface area contributed by atoms with E-state index in [4.69, 9.17) is 21.1 Å². The van der Waals surface area contributed by atoms with Gasteiger partial charge in [0.05, 0.1) is 29.8 Å². The second-order valence-corrected chi connectivity index (χ2v) is 11.3. The number of nitrogens with one attached hydrogen (secondary N) is 1. The predicted molar refractivity (Wildman–Crippen MR) is 155 cm³/mol. The summed E-state index contributed by atoms with van der Waals surface area (Å²) in [5, 5.41) is 2.79. The number of methoxy groups -OCH3 is 2. The van der Waals surface area contributed by atoms with Crippen molar-refractivity contribution < 1.29 is 27.5 Å². The third-order valence-corrected chi connectivity index (χ3v) is 8.54. The first-order valence-corrected chi connectivity index (χ1v) is 14.4. The van der Waals surface area contributed by atoms with E-state index in [0.29, 0.717) is 17.9 Å². The van der Waals surface area contributed by atoms with Gasteiger partial charge in [0.1, 0.15) is 24.1 Å². The van der Waals surface area contributed by atoms with Crippen molar-refractivity contribution in [2.24, 2.45) is 0 Å². The number of amides is 2. The minimum absolute atomic E-state index is 0.0119. The third-order valence-electron chi connectivity index (χ3n) is 6.46. The van der Waals surface area contributed by atoms with Gasteiger partial charge < -0.3 is 19.7 Å². The number of halogens is 1. The monoisotopic (exact) mass is 587 g/mol. The molecule has 11 heteroatoms. The van der Waals surface area contributed by atoms with E-state index >= 15 is 0 Å². The number of hydrogen-bond donors (Lipinski definition) is 1. The zero-order valence-electron chi connectivity index (χ0n) is 23.2. The van der Waals surface area contributed by atoms with E-state index in [0.717, 1.165) is 15.4 Å². The minimum atomic E-state index is -4.21. The number of hydrogen-bond acceptors (Lipinski definition) is 6. The van der Waals surface area contributed by atoms with Crippen LogP contribution in [0.2, 0.25) is 5.02 Å². The summed E-state index contributed by atoms with van der Waals surface area (Å²) in [5.74, 6) is 0.0848. The van der Waals surface area contributed by atoms with Crippen LogP contribution in [0.25, 0.3) is 0 Å². The number of aryl methyl sites for hydroxylation is 1. The molecule has 2 amide bonds. The summed E-state index contributed by atoms with van der Waals surface area (Å²) in [6.07, 6.45) is 0.320. The van der Waals surface area contributed by atoms with Gasteiger partial charge in [0.2, 0.25) is 11.8 Å². The van der Waals surface area contributed by atoms with Crippen LogP contribution in [0.3, 0.4) is 0 Å². The highest BCUT2D eigenvalue weighted by molar-refractivity contribution is 7.92. The van der Waals surface area contributed by atoms with Gasteiger partial charge in [0.25, 0.3) is 10.0 Å². The van der Waals surface area contributed by atoms with Crippen molar-refractivity contribution in [2.45, 2.75) is 37.8 Å². The number of rotatable bonds is 12. The van der Waals surface area contributed by atoms with Gasteiger partial charge in [-0.1, -0.05) is 48.4 Å². The molecule has 0 unspecified atom stereocenters. The Morgan fingerprint density at radius 3 is 2.15 bits per heavy atom. The fourth-order valence-corrected chi connectivity index (χ4v) is 5.85. The van der Waals surface area contributed by atoms with E-state index in [1.54, 1.807) is 50.4 Å². The molecule has 214 valence electrons. The summed E-state index contributed by atoms with van der Waals surface area (Å²) in [6, 6.07) is 17.1. The normalized spacial score (nSPS) is 11.8. The maximum absolute atomic E-state index is 14.0. The van der Waals surface area contributed by atoms with Crippen LogP contribution >= 0.6 is 11.6 Å². The van der Waals surface area contributed by atoms with Crippen molar-refractivity contribution >= 4 is 39.1 Å². The molecule has 0 bridgehead atoms. The molecule has 0 saturated carbocycles. The van der Waals surface area contributed by atoms with E-state index in [9.17, 15) is 18.0 Å². The number of ether oxygens (including phenoxy) is 2. The quantitative estimate of drug-likeness (QED) is 0.336. The molecule has 0 aliphatic heterocycles. The van der Waals surface area contributed by atoms with Crippen molar-refractivity contribution in [2.75, 3.05) is 32.1 Å². The van der Waals surface area contributed by atoms with Crippen molar-refractivity contribution in [3.05, 3.63) is 82.9 Å². The van der Waals surface area contributed by atoms with E-state index in [1.807, 2.05) is 6.92 Å². The molecule has 0 radical (unpaired) electrons. The molecule has 3 aromatic carbocycles. The third kappa shape index (κ3) is 7.05. The molecule has 0 aliphatic carbocycles. The second-order valence-electron chi connectivity index (χ2n) is 9.05. The van der Waals surface area contributed by atoms with Crippen LogP contribution in [0, 0.1) is 6.92 Å². The summed E-state index contributed by atoms with van der Waals surface area (Å²) in [7, 11) is 0.292. The Balaban J connectivity index is 2.08. The lowest BCUT2D eigenvalue weighted by Gasteiger charge is -2.33. The van der Waals surface area contributed by atoms with Crippen LogP contribution < -0.4 is 19.1 Å². The Bertz CT molecular complexity index is 1430. The van der Waals surface area contributed by atoms with Crippen LogP contribution in [-0.2, 0) is 26.2 Å². The maximum Gasteiger partial charge on any atom is 0.264 e. The minimum Gasteiger partial charge on any atom is -0.497 e. The fourth-order valence-electron chi connectivity index (χ4n) is 4.19. The van der Waals surface area contributed by atoms with Crippen molar-refractivity contribution in [1.29, 1.82) is 0 Å². The number of carbonyl (C=O) groups excluding carboxylic acids is 2. The average Bonchev–Trinajstić information content (AvgIpc) is 2.95. The van der Waals surface area contributed by atoms with Crippen LogP contribution in [0.4, 0.5) is 5.69 Å². The molecule has 0 aromatic heterocycles. The first-order chi connectivity index (χ1) is 19.0. The van der Waals surface area contributed by atoms with Crippen LogP contribution in [0.1, 0.15) is 24.5 Å². The SMILES string of the molecule is CC[C@@H](C(=O)NC)N(Cc1ccc(OC)cc1)C(=O)CN(c1ccc(OC)c(Cl)c1)S(=O)(=O)c1ccc(C)cc1. The van der Waals surface area contributed by atoms with E-state index < -0.39 is 28.5 Å². The summed E-state index contributed by atoms with van der Waals surface area (Å²) < 4.78 is 39.3. The predicted octanol–water partition coefficient (Wildman–Crippen LogP) is 4.41. The Hall–Kier alpha value is -3.76. The second kappa shape index (κ2) is 13.5. The number of benzene rings is 3. The van der Waals surface area contributed by atoms with Gasteiger partial charge in [-0.2, -0.15) is 0 Å². The Labute approximate surface area is 240 Å². The largest absolute Gasteiger partial charge is 0.497 e. The maximum atomic E-state index is 14.0. The van der Waals surface area contributed by atoms with Crippen molar-refractivity contribution in [1.82, 2.24) is 10.2 Å². The average molecular weight is 588 g/mol. The summed E-state index contributed by atoms with van der Waals surface area (Å²) in [5.41, 5.74) is 1.81. The highest BCUT2D eigenvalue weighted by Crippen LogP contribution is 2.32. The lowest BCUT2D eigenvalue weighted by atomic mass is 10.1. The zero-order chi connectivity index (χ0) is 29.4. The van der Waals surface area contributed by atoms with Crippen LogP contribution in [0.15, 0.2) is 71.6 Å². The smallest absolute Gasteiger partial charge is 0.264 e. The molecular formula is C29H34ClN3O6S. The number of sulfonamides is 1. The first kappa shape index (κ1) is 30.8. The fraction of sp³-hybridized carbons (Fsp3) is 0.310. The van der Waals surface area contributed by atoms with Crippen molar-refractivity contribution in [3.8, 4) is 11.5 Å². The highest BCUT2D eigenvalue weighted by Gasteiger charge is 2.33. The molecule has 1 atom stereocenters. The van der Waals surface area contributed by atoms with Crippen LogP contribution in [0.5, 0.6) is 11.5 Å². The van der Waals surface area contributed by atoms with E-state index in [1.165, 1.54) is 49.4 Å². The number of anilines is 1. The molecule has 0 aliphatic rings. The van der Waals surface area contributed by atoms with Gasteiger partial charge in [0, 0.05) is 13.6 Å². The topological polar surface area (TPSA) is 105 Å². The molecule has 0 fully saturated rings. The van der Waals surface area contributed by atoms with Crippen LogP contribution in [-0.4, -0.2) is 59.0 Å². The van der Waals surface area contributed by atoms with Gasteiger partial charge in [-0.15, -0.1) is 0 Å². The van der Waals surface area contributed by atoms with Gasteiger partial charge >= 0.3 is 0 Å². The molecule has 1 N–H and O–H groups in total. The van der Waals surface area contributed by atoms with Crippen molar-refractivity contribution in [3.63, 3.8) is 0 Å². The number of nitrogens with zero attached hydrogens (tertiary/aromatic N) is 2. The van der Waals surface area contributed by atoms with E-state index in [2.05, 4.69) is 5.32 Å². The Kier molecular flexibility index (Phi) is 10.4. The van der Waals surface area contributed by atoms with Gasteiger partial charge in [-0.25, -0.2) is 8.42 Å². The molecular weight excluding hydrogens is 554 g/mol. The highest BCUT2D eigenvalue weighted by atomic mass is 35.5. The summed E-state index contributed by atoms with van der Waals surface area (Å²) >= 11 is 6.35. The lowest BCUT2D eigenvalue weighted by Crippen LogP contribution is -2.51. The lowest BCUT2D eigenvalue weighted by molar-refractivity contribution is -0.140. The molecule has 9 nitrogen and oxygen atoms in total. The Morgan fingerprint density at radius 2 is 1.62 bits per heavy atom. The first-order valence-electron chi connectivity index (χ1n) is 12.6. The molecule has 0 saturated heterocycles. The molecule has 40 heavy (non-hydrogen) atoms. The molecule has 3 rings (SSSR count). The number of likely N-dealkylation sites (N-methyl/N-ethyl adjacent to an activating group) is 1. The molecule has 3 aromatic rings. The van der Waals surface area contributed by atoms with E-state index in [-0.39, 0.29) is 28.1 Å². The van der Waals surface area contributed by atoms with Gasteiger partial charge in [0.15, 0.2) is 0 Å². The standard InChI is InChI=1S/C29H34ClN3O6S/c1-6-26(29(35)31-3)32(18-21-9-12-23(38-4)13-10-21)28(34)19-33(22-11-16-27(39-5)25(30)17-22)40(36,37)24-14-7-20(2)8-15-24/h7-17,26H,6,18-19H2,1-5H3,(H,31,35)/t26-/m0/s1. The van der Waals surface area contributed by atoms with Gasteiger partial charge in [-0.3, -0.25) is 13.9 Å². The zero-order valence-corrected chi connectivity index (χ0v) is 24.8.